The molecular weight excluding hydrogens is 373 g/mol. The van der Waals surface area contributed by atoms with Crippen LogP contribution in [-0.2, 0) is 32.7 Å². The van der Waals surface area contributed by atoms with E-state index in [0.717, 1.165) is 33.8 Å². The molecule has 24 heavy (non-hydrogen) atoms. The van der Waals surface area contributed by atoms with Crippen LogP contribution < -0.4 is 5.32 Å². The minimum Gasteiger partial charge on any atom is -0.366 e. The van der Waals surface area contributed by atoms with Gasteiger partial charge in [-0.2, -0.15) is 5.10 Å². The third-order valence-electron chi connectivity index (χ3n) is 3.74. The molecule has 1 N–H and O–H groups in total. The standard InChI is InChI=1S/C19H15N4.Y/c1-14-10-11-21-23-18(13-20-19(14)23)15-6-5-9-17(12-15)22-16-7-3-2-4-8-16;/h2-12,22H,1H3;/q-1;. The first kappa shape index (κ1) is 16.8. The molecule has 0 spiro atoms. The summed E-state index contributed by atoms with van der Waals surface area (Å²) in [7, 11) is 0. The normalized spacial score (nSPS) is 10.4. The van der Waals surface area contributed by atoms with E-state index in [0.29, 0.717) is 0 Å². The number of rotatable bonds is 3. The maximum Gasteiger partial charge on any atom is 0.0539 e. The van der Waals surface area contributed by atoms with Crippen molar-refractivity contribution in [3.8, 4) is 11.3 Å². The topological polar surface area (TPSA) is 42.2 Å². The van der Waals surface area contributed by atoms with Gasteiger partial charge < -0.3 is 10.3 Å². The summed E-state index contributed by atoms with van der Waals surface area (Å²) in [5, 5.41) is 7.80. The predicted molar refractivity (Wildman–Crippen MR) is 91.7 cm³/mol. The molecule has 4 aromatic rings. The van der Waals surface area contributed by atoms with Gasteiger partial charge in [0.15, 0.2) is 0 Å². The van der Waals surface area contributed by atoms with Crippen LogP contribution in [0.15, 0.2) is 66.9 Å². The van der Waals surface area contributed by atoms with Gasteiger partial charge in [-0.05, 0) is 36.9 Å². The van der Waals surface area contributed by atoms with Crippen molar-refractivity contribution in [1.82, 2.24) is 14.6 Å². The first-order valence-corrected chi connectivity index (χ1v) is 7.46. The molecule has 0 amide bonds. The molecular formula is C19H15N4Y-. The van der Waals surface area contributed by atoms with Gasteiger partial charge in [-0.1, -0.05) is 47.7 Å². The van der Waals surface area contributed by atoms with E-state index in [9.17, 15) is 0 Å². The van der Waals surface area contributed by atoms with Crippen LogP contribution in [0.25, 0.3) is 16.9 Å². The zero-order chi connectivity index (χ0) is 15.6. The summed E-state index contributed by atoms with van der Waals surface area (Å²) in [4.78, 5) is 4.36. The summed E-state index contributed by atoms with van der Waals surface area (Å²) >= 11 is 0. The Labute approximate surface area is 165 Å². The van der Waals surface area contributed by atoms with Crippen molar-refractivity contribution in [3.63, 3.8) is 0 Å². The van der Waals surface area contributed by atoms with Crippen LogP contribution in [0.2, 0.25) is 0 Å². The summed E-state index contributed by atoms with van der Waals surface area (Å²) in [6.07, 6.45) is 4.87. The van der Waals surface area contributed by atoms with Gasteiger partial charge in [-0.3, -0.25) is 4.52 Å². The Morgan fingerprint density at radius 1 is 0.958 bits per heavy atom. The molecule has 0 aliphatic rings. The van der Waals surface area contributed by atoms with Crippen molar-refractivity contribution in [2.75, 3.05) is 5.32 Å². The molecule has 2 heterocycles. The van der Waals surface area contributed by atoms with Gasteiger partial charge in [0.1, 0.15) is 0 Å². The van der Waals surface area contributed by atoms with Crippen molar-refractivity contribution >= 4 is 17.0 Å². The Bertz CT molecular complexity index is 963. The molecule has 2 aromatic heterocycles. The van der Waals surface area contributed by atoms with Crippen molar-refractivity contribution in [2.24, 2.45) is 0 Å². The summed E-state index contributed by atoms with van der Waals surface area (Å²) in [5.74, 6) is 0. The smallest absolute Gasteiger partial charge is 0.0539 e. The van der Waals surface area contributed by atoms with Gasteiger partial charge in [-0.15, -0.1) is 6.07 Å². The van der Waals surface area contributed by atoms with Crippen molar-refractivity contribution in [3.05, 3.63) is 78.6 Å². The van der Waals surface area contributed by atoms with E-state index in [2.05, 4.69) is 27.7 Å². The number of nitrogens with one attached hydrogen (secondary N) is 1. The van der Waals surface area contributed by atoms with Crippen LogP contribution in [0.1, 0.15) is 5.56 Å². The minimum absolute atomic E-state index is 0. The van der Waals surface area contributed by atoms with Gasteiger partial charge >= 0.3 is 0 Å². The predicted octanol–water partition coefficient (Wildman–Crippen LogP) is 4.25. The zero-order valence-corrected chi connectivity index (χ0v) is 16.1. The van der Waals surface area contributed by atoms with Crippen LogP contribution in [0, 0.1) is 13.1 Å². The van der Waals surface area contributed by atoms with E-state index in [-0.39, 0.29) is 32.7 Å². The molecule has 1 radical (unpaired) electrons. The number of para-hydroxylation sites is 1. The third-order valence-corrected chi connectivity index (χ3v) is 3.74. The number of aryl methyl sites for hydroxylation is 1. The summed E-state index contributed by atoms with van der Waals surface area (Å²) in [6, 6.07) is 20.2. The summed E-state index contributed by atoms with van der Waals surface area (Å²) in [6.45, 7) is 2.02. The number of benzene rings is 2. The Morgan fingerprint density at radius 3 is 2.58 bits per heavy atom. The second kappa shape index (κ2) is 7.24. The molecule has 0 unspecified atom stereocenters. The number of nitrogens with zero attached hydrogens (tertiary/aromatic N) is 3. The van der Waals surface area contributed by atoms with Gasteiger partial charge in [-0.25, -0.2) is 0 Å². The molecule has 115 valence electrons. The monoisotopic (exact) mass is 388 g/mol. The Hall–Kier alpha value is -2.04. The van der Waals surface area contributed by atoms with Crippen LogP contribution in [-0.4, -0.2) is 14.6 Å². The fourth-order valence-electron chi connectivity index (χ4n) is 2.58. The zero-order valence-electron chi connectivity index (χ0n) is 13.3. The molecule has 0 bridgehead atoms. The molecule has 0 atom stereocenters. The quantitative estimate of drug-likeness (QED) is 0.534. The van der Waals surface area contributed by atoms with E-state index >= 15 is 0 Å². The molecule has 2 aromatic carbocycles. The van der Waals surface area contributed by atoms with E-state index in [1.807, 2.05) is 66.0 Å². The van der Waals surface area contributed by atoms with E-state index < -0.39 is 0 Å². The van der Waals surface area contributed by atoms with Crippen molar-refractivity contribution in [2.45, 2.75) is 6.92 Å². The first-order chi connectivity index (χ1) is 11.3. The summed E-state index contributed by atoms with van der Waals surface area (Å²) < 4.78 is 1.83. The number of fused-ring (bicyclic) bond motifs is 1. The average Bonchev–Trinajstić information content (AvgIpc) is 3.02. The van der Waals surface area contributed by atoms with Crippen LogP contribution in [0.3, 0.4) is 0 Å². The Kier molecular flexibility index (Phi) is 5.07. The molecule has 5 heteroatoms. The van der Waals surface area contributed by atoms with Gasteiger partial charge in [0.05, 0.1) is 5.65 Å². The molecule has 0 saturated carbocycles. The molecule has 0 aliphatic heterocycles. The van der Waals surface area contributed by atoms with E-state index in [1.54, 1.807) is 6.20 Å². The third kappa shape index (κ3) is 3.26. The SMILES string of the molecule is Cc1ccnn2c(-c3cccc(Nc4ccccc4)c3)[c-]nc12.[Y]. The number of aromatic nitrogens is 3. The second-order valence-electron chi connectivity index (χ2n) is 5.39. The first-order valence-electron chi connectivity index (χ1n) is 7.46. The second-order valence-corrected chi connectivity index (χ2v) is 5.39. The fraction of sp³-hybridized carbons (Fsp3) is 0.0526. The van der Waals surface area contributed by atoms with Crippen LogP contribution in [0.4, 0.5) is 11.4 Å². The van der Waals surface area contributed by atoms with Gasteiger partial charge in [0, 0.05) is 50.3 Å². The molecule has 0 saturated heterocycles. The number of anilines is 2. The average molecular weight is 388 g/mol. The minimum atomic E-state index is 0. The molecule has 4 nitrogen and oxygen atoms in total. The van der Waals surface area contributed by atoms with Gasteiger partial charge in [0.25, 0.3) is 0 Å². The number of hydrogen-bond donors (Lipinski definition) is 1. The van der Waals surface area contributed by atoms with Crippen molar-refractivity contribution < 1.29 is 32.7 Å². The molecule has 4 rings (SSSR count). The van der Waals surface area contributed by atoms with E-state index in [1.165, 1.54) is 0 Å². The van der Waals surface area contributed by atoms with E-state index in [4.69, 9.17) is 0 Å². The van der Waals surface area contributed by atoms with Crippen LogP contribution >= 0.6 is 0 Å². The Morgan fingerprint density at radius 2 is 1.75 bits per heavy atom. The maximum absolute atomic E-state index is 4.39. The maximum atomic E-state index is 4.39. The van der Waals surface area contributed by atoms with Crippen molar-refractivity contribution in [1.29, 1.82) is 0 Å². The largest absolute Gasteiger partial charge is 0.366 e. The van der Waals surface area contributed by atoms with Gasteiger partial charge in [0.2, 0.25) is 0 Å². The Balaban J connectivity index is 0.00000169. The number of hydrogen-bond acceptors (Lipinski definition) is 3. The van der Waals surface area contributed by atoms with Crippen LogP contribution in [0.5, 0.6) is 0 Å². The fourth-order valence-corrected chi connectivity index (χ4v) is 2.58. The molecule has 0 aliphatic carbocycles. The summed E-state index contributed by atoms with van der Waals surface area (Å²) in [5.41, 5.74) is 5.88. The molecule has 0 fully saturated rings. The number of imidazole rings is 1.